The summed E-state index contributed by atoms with van der Waals surface area (Å²) in [7, 11) is 0. The fourth-order valence-electron chi connectivity index (χ4n) is 8.44. The number of hydrogen-bond acceptors (Lipinski definition) is 4. The summed E-state index contributed by atoms with van der Waals surface area (Å²) >= 11 is 0. The molecule has 0 spiro atoms. The largest absolute Gasteiger partial charge is 0.507 e. The van der Waals surface area contributed by atoms with Crippen LogP contribution in [-0.4, -0.2) is 20.4 Å². The minimum absolute atomic E-state index is 0.0157. The molecular weight excluding hydrogens is 604 g/mol. The van der Waals surface area contributed by atoms with Crippen molar-refractivity contribution in [1.29, 1.82) is 0 Å². The number of rotatable bonds is 10. The van der Waals surface area contributed by atoms with Gasteiger partial charge in [-0.25, -0.2) is 0 Å². The van der Waals surface area contributed by atoms with Crippen LogP contribution in [0.3, 0.4) is 0 Å². The van der Waals surface area contributed by atoms with Crippen LogP contribution in [-0.2, 0) is 36.5 Å². The first-order valence-corrected chi connectivity index (χ1v) is 18.4. The molecular formula is C45H58O4. The summed E-state index contributed by atoms with van der Waals surface area (Å²) in [4.78, 5) is 0. The first-order valence-electron chi connectivity index (χ1n) is 18.4. The van der Waals surface area contributed by atoms with Gasteiger partial charge in [-0.3, -0.25) is 0 Å². The van der Waals surface area contributed by atoms with Crippen LogP contribution < -0.4 is 0 Å². The molecule has 1 aliphatic carbocycles. The lowest BCUT2D eigenvalue weighted by molar-refractivity contribution is 0.178. The van der Waals surface area contributed by atoms with Gasteiger partial charge in [0.2, 0.25) is 0 Å². The molecule has 0 atom stereocenters. The zero-order valence-corrected chi connectivity index (χ0v) is 31.3. The number of hydrogen-bond donors (Lipinski definition) is 4. The second kappa shape index (κ2) is 14.1. The highest BCUT2D eigenvalue weighted by Gasteiger charge is 2.40. The van der Waals surface area contributed by atoms with Gasteiger partial charge in [0.25, 0.3) is 0 Å². The molecule has 1 saturated carbocycles. The Morgan fingerprint density at radius 2 is 1.08 bits per heavy atom. The van der Waals surface area contributed by atoms with Crippen molar-refractivity contribution >= 4 is 0 Å². The number of aryl methyl sites for hydroxylation is 6. The van der Waals surface area contributed by atoms with Crippen molar-refractivity contribution in [3.8, 4) is 23.0 Å². The third kappa shape index (κ3) is 7.35. The lowest BCUT2D eigenvalue weighted by Crippen LogP contribution is -2.37. The van der Waals surface area contributed by atoms with Gasteiger partial charge in [-0.1, -0.05) is 89.6 Å². The zero-order chi connectivity index (χ0) is 35.8. The quantitative estimate of drug-likeness (QED) is 0.136. The SMILES string of the molecule is CCCc1cc(Cc2cc(C3(C)CCC(C(C)(C)c4cc(C)c(O)c(Cc5cc(C)c(O)c(CC)c5)c4)CC3)cc(C)c2O)cc(C)c1O. The maximum atomic E-state index is 11.2. The molecule has 4 aromatic carbocycles. The summed E-state index contributed by atoms with van der Waals surface area (Å²) in [5.74, 6) is 2.00. The maximum Gasteiger partial charge on any atom is 0.122 e. The minimum atomic E-state index is -0.0725. The van der Waals surface area contributed by atoms with Gasteiger partial charge < -0.3 is 20.4 Å². The highest BCUT2D eigenvalue weighted by molar-refractivity contribution is 5.52. The van der Waals surface area contributed by atoms with Crippen LogP contribution >= 0.6 is 0 Å². The van der Waals surface area contributed by atoms with Crippen LogP contribution in [0, 0.1) is 33.6 Å². The van der Waals surface area contributed by atoms with Crippen molar-refractivity contribution in [2.75, 3.05) is 0 Å². The van der Waals surface area contributed by atoms with E-state index in [2.05, 4.69) is 77.1 Å². The van der Waals surface area contributed by atoms with Gasteiger partial charge in [0, 0.05) is 12.8 Å². The van der Waals surface area contributed by atoms with Crippen molar-refractivity contribution in [1.82, 2.24) is 0 Å². The molecule has 0 radical (unpaired) electrons. The normalized spacial score (nSPS) is 18.2. The topological polar surface area (TPSA) is 80.9 Å². The molecule has 5 rings (SSSR count). The lowest BCUT2D eigenvalue weighted by Gasteiger charge is -2.44. The molecule has 0 aromatic heterocycles. The van der Waals surface area contributed by atoms with Gasteiger partial charge in [-0.2, -0.15) is 0 Å². The number of benzene rings is 4. The Bertz CT molecular complexity index is 1840. The van der Waals surface area contributed by atoms with Gasteiger partial charge in [0.1, 0.15) is 23.0 Å². The number of phenolic OH excluding ortho intramolecular Hbond substituents is 4. The lowest BCUT2D eigenvalue weighted by atomic mass is 9.60. The predicted octanol–water partition coefficient (Wildman–Crippen LogP) is 10.9. The molecule has 4 heteroatoms. The molecule has 4 aromatic rings. The second-order valence-electron chi connectivity index (χ2n) is 16.0. The third-order valence-corrected chi connectivity index (χ3v) is 11.9. The van der Waals surface area contributed by atoms with Crippen LogP contribution in [0.2, 0.25) is 0 Å². The predicted molar refractivity (Wildman–Crippen MR) is 203 cm³/mol. The average Bonchev–Trinajstić information content (AvgIpc) is 3.05. The van der Waals surface area contributed by atoms with E-state index in [1.165, 1.54) is 11.1 Å². The summed E-state index contributed by atoms with van der Waals surface area (Å²) < 4.78 is 0. The fraction of sp³-hybridized carbons (Fsp3) is 0.467. The monoisotopic (exact) mass is 662 g/mol. The molecule has 0 heterocycles. The summed E-state index contributed by atoms with van der Waals surface area (Å²) in [6.07, 6.45) is 8.17. The number of aromatic hydroxyl groups is 4. The van der Waals surface area contributed by atoms with Crippen molar-refractivity contribution in [2.45, 2.75) is 131 Å². The fourth-order valence-corrected chi connectivity index (χ4v) is 8.44. The Balaban J connectivity index is 1.37. The summed E-state index contributed by atoms with van der Waals surface area (Å²) in [6, 6.07) is 17.1. The molecule has 0 bridgehead atoms. The molecule has 0 saturated heterocycles. The van der Waals surface area contributed by atoms with Crippen LogP contribution in [0.4, 0.5) is 0 Å². The molecule has 1 aliphatic rings. The van der Waals surface area contributed by atoms with E-state index in [1.807, 2.05) is 33.8 Å². The Morgan fingerprint density at radius 3 is 1.63 bits per heavy atom. The van der Waals surface area contributed by atoms with Gasteiger partial charge in [0.05, 0.1) is 0 Å². The summed E-state index contributed by atoms with van der Waals surface area (Å²) in [5, 5.41) is 43.4. The first kappa shape index (κ1) is 36.4. The molecule has 0 amide bonds. The smallest absolute Gasteiger partial charge is 0.122 e. The van der Waals surface area contributed by atoms with Crippen LogP contribution in [0.25, 0.3) is 0 Å². The Labute approximate surface area is 294 Å². The second-order valence-corrected chi connectivity index (χ2v) is 16.0. The Kier molecular flexibility index (Phi) is 10.5. The molecule has 4 N–H and O–H groups in total. The van der Waals surface area contributed by atoms with E-state index in [0.29, 0.717) is 41.8 Å². The standard InChI is InChI=1S/C45H58O4/c1-10-12-34-22-32(18-28(4)41(34)47)24-36-26-39(20-30(6)43(36)49)45(9)15-13-37(14-16-45)44(7,8)38-19-29(5)42(48)35(25-38)23-31-17-27(3)40(46)33(11-2)21-31/h17-22,25-26,37,46-49H,10-16,23-24H2,1-9H3. The van der Waals surface area contributed by atoms with Crippen molar-refractivity contribution in [3.63, 3.8) is 0 Å². The van der Waals surface area contributed by atoms with Gasteiger partial charge in [0.15, 0.2) is 0 Å². The molecule has 0 aliphatic heterocycles. The van der Waals surface area contributed by atoms with Gasteiger partial charge in [-0.05, 0) is 150 Å². The van der Waals surface area contributed by atoms with Crippen LogP contribution in [0.1, 0.15) is 133 Å². The highest BCUT2D eigenvalue weighted by Crippen LogP contribution is 2.49. The Morgan fingerprint density at radius 1 is 0.612 bits per heavy atom. The number of phenols is 4. The summed E-state index contributed by atoms with van der Waals surface area (Å²) in [5.41, 5.74) is 12.1. The molecule has 4 nitrogen and oxygen atoms in total. The first-order chi connectivity index (χ1) is 23.1. The maximum absolute atomic E-state index is 11.2. The van der Waals surface area contributed by atoms with E-state index in [4.69, 9.17) is 0 Å². The highest BCUT2D eigenvalue weighted by atomic mass is 16.3. The molecule has 262 valence electrons. The zero-order valence-electron chi connectivity index (χ0n) is 31.3. The molecule has 49 heavy (non-hydrogen) atoms. The third-order valence-electron chi connectivity index (χ3n) is 11.9. The van der Waals surface area contributed by atoms with E-state index < -0.39 is 0 Å². The summed E-state index contributed by atoms with van der Waals surface area (Å²) in [6.45, 7) is 19.2. The molecule has 1 fully saturated rings. The van der Waals surface area contributed by atoms with E-state index in [9.17, 15) is 20.4 Å². The van der Waals surface area contributed by atoms with E-state index >= 15 is 0 Å². The van der Waals surface area contributed by atoms with Gasteiger partial charge in [-0.15, -0.1) is 0 Å². The van der Waals surface area contributed by atoms with Crippen molar-refractivity contribution < 1.29 is 20.4 Å². The Hall–Kier alpha value is -3.92. The van der Waals surface area contributed by atoms with Crippen molar-refractivity contribution in [3.05, 3.63) is 115 Å². The van der Waals surface area contributed by atoms with Crippen molar-refractivity contribution in [2.24, 2.45) is 5.92 Å². The minimum Gasteiger partial charge on any atom is -0.507 e. The molecule has 0 unspecified atom stereocenters. The van der Waals surface area contributed by atoms with E-state index in [-0.39, 0.29) is 10.8 Å². The van der Waals surface area contributed by atoms with E-state index in [1.54, 1.807) is 0 Å². The van der Waals surface area contributed by atoms with E-state index in [0.717, 1.165) is 101 Å². The van der Waals surface area contributed by atoms with Crippen LogP contribution in [0.15, 0.2) is 48.5 Å². The van der Waals surface area contributed by atoms with Gasteiger partial charge >= 0.3 is 0 Å². The average molecular weight is 663 g/mol. The van der Waals surface area contributed by atoms with Crippen LogP contribution in [0.5, 0.6) is 23.0 Å².